The van der Waals surface area contributed by atoms with Gasteiger partial charge in [0.2, 0.25) is 11.8 Å². The molecular formula is C15H20N2O4. The van der Waals surface area contributed by atoms with Crippen LogP contribution in [0.15, 0.2) is 30.3 Å². The summed E-state index contributed by atoms with van der Waals surface area (Å²) < 4.78 is 0. The Bertz CT molecular complexity index is 500. The van der Waals surface area contributed by atoms with Gasteiger partial charge in [0.1, 0.15) is 6.04 Å². The summed E-state index contributed by atoms with van der Waals surface area (Å²) in [5.41, 5.74) is 0.848. The molecule has 0 fully saturated rings. The van der Waals surface area contributed by atoms with Crippen LogP contribution in [-0.4, -0.2) is 35.5 Å². The summed E-state index contributed by atoms with van der Waals surface area (Å²) in [7, 11) is 0. The van der Waals surface area contributed by atoms with E-state index < -0.39 is 17.9 Å². The summed E-state index contributed by atoms with van der Waals surface area (Å²) >= 11 is 0. The van der Waals surface area contributed by atoms with Crippen molar-refractivity contribution < 1.29 is 19.5 Å². The van der Waals surface area contributed by atoms with Crippen LogP contribution in [0.4, 0.5) is 0 Å². The SMILES string of the molecule is CC(C)C(NC(=O)CNC(=O)Cc1ccccc1)C(=O)O. The number of aliphatic carboxylic acids is 1. The molecule has 0 bridgehead atoms. The standard InChI is InChI=1S/C15H20N2O4/c1-10(2)14(15(20)21)17-13(19)9-16-12(18)8-11-6-4-3-5-7-11/h3-7,10,14H,8-9H2,1-2H3,(H,16,18)(H,17,19)(H,20,21). The minimum absolute atomic E-state index is 0.181. The molecule has 0 aromatic heterocycles. The van der Waals surface area contributed by atoms with Gasteiger partial charge in [-0.15, -0.1) is 0 Å². The quantitative estimate of drug-likeness (QED) is 0.684. The number of hydrogen-bond donors (Lipinski definition) is 3. The van der Waals surface area contributed by atoms with Gasteiger partial charge in [-0.2, -0.15) is 0 Å². The number of rotatable bonds is 7. The molecule has 114 valence electrons. The summed E-state index contributed by atoms with van der Waals surface area (Å²) in [6.07, 6.45) is 0.181. The first-order valence-electron chi connectivity index (χ1n) is 6.73. The third-order valence-electron chi connectivity index (χ3n) is 2.90. The highest BCUT2D eigenvalue weighted by Crippen LogP contribution is 2.01. The lowest BCUT2D eigenvalue weighted by Crippen LogP contribution is -2.48. The van der Waals surface area contributed by atoms with Crippen molar-refractivity contribution in [2.24, 2.45) is 5.92 Å². The molecule has 0 radical (unpaired) electrons. The van der Waals surface area contributed by atoms with Gasteiger partial charge < -0.3 is 15.7 Å². The molecule has 3 N–H and O–H groups in total. The van der Waals surface area contributed by atoms with E-state index in [2.05, 4.69) is 10.6 Å². The molecule has 6 heteroatoms. The predicted molar refractivity (Wildman–Crippen MR) is 77.6 cm³/mol. The highest BCUT2D eigenvalue weighted by atomic mass is 16.4. The fourth-order valence-corrected chi connectivity index (χ4v) is 1.76. The minimum atomic E-state index is -1.09. The van der Waals surface area contributed by atoms with Crippen molar-refractivity contribution >= 4 is 17.8 Å². The lowest BCUT2D eigenvalue weighted by molar-refractivity contribution is -0.143. The number of nitrogens with one attached hydrogen (secondary N) is 2. The lowest BCUT2D eigenvalue weighted by Gasteiger charge is -2.17. The van der Waals surface area contributed by atoms with E-state index in [0.717, 1.165) is 5.56 Å². The normalized spacial score (nSPS) is 11.8. The maximum absolute atomic E-state index is 11.7. The molecule has 0 spiro atoms. The van der Waals surface area contributed by atoms with Crippen LogP contribution in [0.25, 0.3) is 0 Å². The van der Waals surface area contributed by atoms with Crippen LogP contribution < -0.4 is 10.6 Å². The first-order valence-corrected chi connectivity index (χ1v) is 6.73. The highest BCUT2D eigenvalue weighted by molar-refractivity contribution is 5.88. The van der Waals surface area contributed by atoms with Crippen LogP contribution in [0.3, 0.4) is 0 Å². The van der Waals surface area contributed by atoms with Crippen LogP contribution in [0, 0.1) is 5.92 Å². The Hall–Kier alpha value is -2.37. The second-order valence-electron chi connectivity index (χ2n) is 5.07. The smallest absolute Gasteiger partial charge is 0.326 e. The summed E-state index contributed by atoms with van der Waals surface area (Å²) in [6.45, 7) is 3.17. The van der Waals surface area contributed by atoms with Gasteiger partial charge in [0.25, 0.3) is 0 Å². The van der Waals surface area contributed by atoms with Crippen LogP contribution >= 0.6 is 0 Å². The molecule has 0 aliphatic heterocycles. The van der Waals surface area contributed by atoms with Crippen molar-refractivity contribution in [2.75, 3.05) is 6.54 Å². The Morgan fingerprint density at radius 2 is 1.71 bits per heavy atom. The summed E-state index contributed by atoms with van der Waals surface area (Å²) in [4.78, 5) is 34.2. The largest absolute Gasteiger partial charge is 0.480 e. The van der Waals surface area contributed by atoms with E-state index >= 15 is 0 Å². The Balaban J connectivity index is 2.39. The summed E-state index contributed by atoms with van der Waals surface area (Å²) in [5, 5.41) is 13.8. The van der Waals surface area contributed by atoms with E-state index in [4.69, 9.17) is 5.11 Å². The Kier molecular flexibility index (Phi) is 6.39. The second-order valence-corrected chi connectivity index (χ2v) is 5.07. The number of carboxylic acid groups (broad SMARTS) is 1. The lowest BCUT2D eigenvalue weighted by atomic mass is 10.1. The fourth-order valence-electron chi connectivity index (χ4n) is 1.76. The van der Waals surface area contributed by atoms with Gasteiger partial charge in [-0.25, -0.2) is 4.79 Å². The number of carboxylic acids is 1. The topological polar surface area (TPSA) is 95.5 Å². The molecule has 2 amide bonds. The van der Waals surface area contributed by atoms with Crippen LogP contribution in [0.2, 0.25) is 0 Å². The van der Waals surface area contributed by atoms with Crippen molar-refractivity contribution in [1.82, 2.24) is 10.6 Å². The minimum Gasteiger partial charge on any atom is -0.480 e. The monoisotopic (exact) mass is 292 g/mol. The van der Waals surface area contributed by atoms with Crippen molar-refractivity contribution in [3.63, 3.8) is 0 Å². The van der Waals surface area contributed by atoms with E-state index in [9.17, 15) is 14.4 Å². The number of carbonyl (C=O) groups excluding carboxylic acids is 2. The molecule has 0 aliphatic carbocycles. The third kappa shape index (κ3) is 6.07. The van der Waals surface area contributed by atoms with Crippen molar-refractivity contribution in [2.45, 2.75) is 26.3 Å². The van der Waals surface area contributed by atoms with Crippen molar-refractivity contribution in [1.29, 1.82) is 0 Å². The first kappa shape index (κ1) is 16.7. The highest BCUT2D eigenvalue weighted by Gasteiger charge is 2.23. The van der Waals surface area contributed by atoms with Crippen LogP contribution in [0.5, 0.6) is 0 Å². The van der Waals surface area contributed by atoms with Gasteiger partial charge in [0.05, 0.1) is 13.0 Å². The predicted octanol–water partition coefficient (Wildman–Crippen LogP) is 0.571. The number of benzene rings is 1. The van der Waals surface area contributed by atoms with Crippen LogP contribution in [0.1, 0.15) is 19.4 Å². The van der Waals surface area contributed by atoms with Gasteiger partial charge in [-0.05, 0) is 11.5 Å². The second kappa shape index (κ2) is 8.04. The molecule has 1 rings (SSSR count). The Morgan fingerprint density at radius 3 is 2.24 bits per heavy atom. The van der Waals surface area contributed by atoms with E-state index in [1.54, 1.807) is 13.8 Å². The maximum Gasteiger partial charge on any atom is 0.326 e. The average molecular weight is 292 g/mol. The molecule has 1 atom stereocenters. The molecular weight excluding hydrogens is 272 g/mol. The summed E-state index contributed by atoms with van der Waals surface area (Å²) in [5.74, 6) is -2.12. The van der Waals surface area contributed by atoms with E-state index in [-0.39, 0.29) is 24.8 Å². The zero-order valence-electron chi connectivity index (χ0n) is 12.1. The third-order valence-corrected chi connectivity index (χ3v) is 2.90. The fraction of sp³-hybridized carbons (Fsp3) is 0.400. The van der Waals surface area contributed by atoms with Gasteiger partial charge >= 0.3 is 5.97 Å². The van der Waals surface area contributed by atoms with E-state index in [0.29, 0.717) is 0 Å². The number of hydrogen-bond acceptors (Lipinski definition) is 3. The van der Waals surface area contributed by atoms with Crippen molar-refractivity contribution in [3.8, 4) is 0 Å². The Labute approximate surface area is 123 Å². The molecule has 1 aromatic rings. The molecule has 1 unspecified atom stereocenters. The zero-order chi connectivity index (χ0) is 15.8. The van der Waals surface area contributed by atoms with Gasteiger partial charge in [0, 0.05) is 0 Å². The molecule has 0 saturated carbocycles. The zero-order valence-corrected chi connectivity index (χ0v) is 12.1. The average Bonchev–Trinajstić information content (AvgIpc) is 2.43. The van der Waals surface area contributed by atoms with Gasteiger partial charge in [-0.3, -0.25) is 9.59 Å². The number of amides is 2. The molecule has 0 heterocycles. The van der Waals surface area contributed by atoms with Gasteiger partial charge in [-0.1, -0.05) is 44.2 Å². The molecule has 1 aromatic carbocycles. The molecule has 21 heavy (non-hydrogen) atoms. The number of carbonyl (C=O) groups is 3. The van der Waals surface area contributed by atoms with Crippen molar-refractivity contribution in [3.05, 3.63) is 35.9 Å². The van der Waals surface area contributed by atoms with Crippen LogP contribution in [-0.2, 0) is 20.8 Å². The molecule has 0 saturated heterocycles. The van der Waals surface area contributed by atoms with E-state index in [1.807, 2.05) is 30.3 Å². The maximum atomic E-state index is 11.7. The molecule has 6 nitrogen and oxygen atoms in total. The molecule has 0 aliphatic rings. The summed E-state index contributed by atoms with van der Waals surface area (Å²) in [6, 6.07) is 8.19. The first-order chi connectivity index (χ1) is 9.90. The Morgan fingerprint density at radius 1 is 1.10 bits per heavy atom. The van der Waals surface area contributed by atoms with Gasteiger partial charge in [0.15, 0.2) is 0 Å². The van der Waals surface area contributed by atoms with E-state index in [1.165, 1.54) is 0 Å².